The summed E-state index contributed by atoms with van der Waals surface area (Å²) in [6, 6.07) is 12.9. The quantitative estimate of drug-likeness (QED) is 0.312. The van der Waals surface area contributed by atoms with Crippen LogP contribution in [0, 0.1) is 23.1 Å². The van der Waals surface area contributed by atoms with Crippen LogP contribution >= 0.6 is 0 Å². The minimum absolute atomic E-state index is 0.0108. The lowest BCUT2D eigenvalue weighted by molar-refractivity contribution is -0.132. The number of ether oxygens (including phenoxy) is 3. The summed E-state index contributed by atoms with van der Waals surface area (Å²) in [4.78, 5) is 67.2. The highest BCUT2D eigenvalue weighted by atomic mass is 19.1. The normalized spacial score (nSPS) is 17.9. The Morgan fingerprint density at radius 3 is 2.30 bits per heavy atom. The maximum atomic E-state index is 14.3. The average Bonchev–Trinajstić information content (AvgIpc) is 3.14. The fourth-order valence-electron chi connectivity index (χ4n) is 5.52. The number of hydrogen-bond acceptors (Lipinski definition) is 9. The highest BCUT2D eigenvalue weighted by Gasteiger charge is 2.27. The van der Waals surface area contributed by atoms with Gasteiger partial charge in [-0.1, -0.05) is 19.9 Å². The minimum atomic E-state index is -0.982. The third-order valence-electron chi connectivity index (χ3n) is 8.42. The number of fused-ring (bicyclic) bond motifs is 2. The van der Waals surface area contributed by atoms with Crippen molar-refractivity contribution in [2.45, 2.75) is 52.2 Å². The Balaban J connectivity index is 1.63. The van der Waals surface area contributed by atoms with Crippen molar-refractivity contribution in [3.8, 4) is 29.1 Å². The molecule has 5 amide bonds. The van der Waals surface area contributed by atoms with E-state index in [0.29, 0.717) is 22.8 Å². The van der Waals surface area contributed by atoms with E-state index in [-0.39, 0.29) is 67.4 Å². The molecule has 0 radical (unpaired) electrons. The van der Waals surface area contributed by atoms with Crippen molar-refractivity contribution in [1.29, 1.82) is 5.26 Å². The molecule has 3 aromatic rings. The summed E-state index contributed by atoms with van der Waals surface area (Å²) in [6.45, 7) is 5.18. The fourth-order valence-corrected chi connectivity index (χ4v) is 5.52. The number of carbonyl (C=O) groups is 5. The minimum Gasteiger partial charge on any atom is -0.493 e. The summed E-state index contributed by atoms with van der Waals surface area (Å²) in [5.41, 5.74) is 0.822. The summed E-state index contributed by atoms with van der Waals surface area (Å²) in [5, 5.41) is 20.2. The highest BCUT2D eigenvalue weighted by molar-refractivity contribution is 5.96. The first-order valence-corrected chi connectivity index (χ1v) is 17.0. The van der Waals surface area contributed by atoms with Gasteiger partial charge < -0.3 is 40.4 Å². The van der Waals surface area contributed by atoms with Crippen LogP contribution in [0.2, 0.25) is 0 Å². The van der Waals surface area contributed by atoms with Crippen LogP contribution in [0.3, 0.4) is 0 Å². The maximum Gasteiger partial charge on any atom is 0.254 e. The molecule has 0 unspecified atom stereocenters. The van der Waals surface area contributed by atoms with Gasteiger partial charge in [-0.25, -0.2) is 4.39 Å². The van der Waals surface area contributed by atoms with E-state index in [9.17, 15) is 33.6 Å². The molecule has 0 saturated heterocycles. The number of carbonyl (C=O) groups excluding carboxylic acids is 5. The van der Waals surface area contributed by atoms with Gasteiger partial charge in [-0.2, -0.15) is 5.26 Å². The molecule has 53 heavy (non-hydrogen) atoms. The third-order valence-corrected chi connectivity index (χ3v) is 8.42. The summed E-state index contributed by atoms with van der Waals surface area (Å²) >= 11 is 0. The monoisotopic (exact) mass is 730 g/mol. The number of methoxy groups -OCH3 is 2. The molecule has 0 saturated carbocycles. The Hall–Kier alpha value is -6.17. The van der Waals surface area contributed by atoms with Crippen molar-refractivity contribution in [1.82, 2.24) is 26.2 Å². The molecule has 4 bridgehead atoms. The summed E-state index contributed by atoms with van der Waals surface area (Å²) in [5.74, 6) is -2.35. The Bertz CT molecular complexity index is 1890. The number of rotatable bonds is 4. The van der Waals surface area contributed by atoms with E-state index in [4.69, 9.17) is 14.2 Å². The van der Waals surface area contributed by atoms with E-state index >= 15 is 0 Å². The number of benzene rings is 3. The average molecular weight is 731 g/mol. The largest absolute Gasteiger partial charge is 0.493 e. The molecule has 0 spiro atoms. The molecule has 2 atom stereocenters. The second-order valence-electron chi connectivity index (χ2n) is 12.7. The molecule has 3 aliphatic rings. The first-order valence-electron chi connectivity index (χ1n) is 17.0. The second-order valence-corrected chi connectivity index (χ2v) is 12.7. The van der Waals surface area contributed by atoms with Gasteiger partial charge in [0.15, 0.2) is 23.0 Å². The van der Waals surface area contributed by atoms with E-state index in [2.05, 4.69) is 21.3 Å². The van der Waals surface area contributed by atoms with E-state index in [1.54, 1.807) is 38.1 Å². The molecule has 0 aliphatic carbocycles. The fraction of sp³-hybridized carbons (Fsp3) is 0.368. The van der Waals surface area contributed by atoms with E-state index < -0.39 is 47.4 Å². The van der Waals surface area contributed by atoms with Gasteiger partial charge in [0, 0.05) is 43.7 Å². The molecule has 4 N–H and O–H groups in total. The Morgan fingerprint density at radius 1 is 0.925 bits per heavy atom. The van der Waals surface area contributed by atoms with Crippen molar-refractivity contribution < 1.29 is 42.6 Å². The van der Waals surface area contributed by atoms with E-state index in [0.717, 1.165) is 12.1 Å². The van der Waals surface area contributed by atoms with Crippen molar-refractivity contribution in [3.63, 3.8) is 0 Å². The van der Waals surface area contributed by atoms with Crippen LogP contribution in [-0.2, 0) is 20.9 Å². The third kappa shape index (κ3) is 10.7. The Kier molecular flexibility index (Phi) is 13.7. The van der Waals surface area contributed by atoms with Gasteiger partial charge in [0.1, 0.15) is 17.9 Å². The molecule has 15 heteroatoms. The van der Waals surface area contributed by atoms with Gasteiger partial charge in [0.05, 0.1) is 25.9 Å². The smallest absolute Gasteiger partial charge is 0.254 e. The first kappa shape index (κ1) is 39.6. The van der Waals surface area contributed by atoms with Crippen LogP contribution in [0.5, 0.6) is 23.0 Å². The number of nitrogens with zero attached hydrogens (tertiary/aromatic N) is 2. The Labute approximate surface area is 307 Å². The summed E-state index contributed by atoms with van der Waals surface area (Å²) < 4.78 is 31.4. The topological polar surface area (TPSA) is 188 Å². The highest BCUT2D eigenvalue weighted by Crippen LogP contribution is 2.37. The Morgan fingerprint density at radius 2 is 1.62 bits per heavy atom. The first-order chi connectivity index (χ1) is 25.3. The van der Waals surface area contributed by atoms with Crippen LogP contribution in [-0.4, -0.2) is 80.4 Å². The van der Waals surface area contributed by atoms with Gasteiger partial charge >= 0.3 is 0 Å². The molecule has 3 aromatic carbocycles. The predicted molar refractivity (Wildman–Crippen MR) is 191 cm³/mol. The predicted octanol–water partition coefficient (Wildman–Crippen LogP) is 3.43. The molecular weight excluding hydrogens is 687 g/mol. The van der Waals surface area contributed by atoms with Crippen molar-refractivity contribution in [2.75, 3.05) is 33.9 Å². The van der Waals surface area contributed by atoms with Crippen molar-refractivity contribution >= 4 is 29.5 Å². The lowest BCUT2D eigenvalue weighted by atomic mass is 10.0. The number of nitriles is 1. The number of hydrogen-bond donors (Lipinski definition) is 4. The van der Waals surface area contributed by atoms with Gasteiger partial charge in [0.25, 0.3) is 11.8 Å². The molecule has 3 aliphatic heterocycles. The molecule has 3 heterocycles. The standard InChI is InChI=1S/C38H43FN6O8/c1-22(2)34-37(49)42-21-24-8-10-29(31(17-24)51-4)53-30-11-9-26(19-32(30)52-5)36(48)41-12-14-45(13-6-7-33(46)43-23(3)35(47)44-34)38(50)27-15-25(20-40)16-28(39)18-27/h8-11,15-19,22-23,34H,6-7,12-14,21H2,1-5H3,(H,41,48)(H,42,49)(H,43,46)(H,44,47)/t23-,34+/m1/s1. The van der Waals surface area contributed by atoms with Gasteiger partial charge in [-0.3, -0.25) is 24.0 Å². The molecule has 6 rings (SSSR count). The van der Waals surface area contributed by atoms with Crippen molar-refractivity contribution in [3.05, 3.63) is 82.7 Å². The SMILES string of the molecule is COc1cc2ccc1Oc1ccc(cc1OC)C(=O)NCCN(C(=O)c1cc(F)cc(C#N)c1)CCCC(=O)N[C@H](C)C(=O)N[C@@H](C(C)C)C(=O)NC2. The van der Waals surface area contributed by atoms with Crippen LogP contribution in [0.1, 0.15) is 65.5 Å². The molecule has 0 aromatic heterocycles. The van der Waals surface area contributed by atoms with Gasteiger partial charge in [-0.15, -0.1) is 0 Å². The van der Waals surface area contributed by atoms with Crippen LogP contribution < -0.4 is 35.5 Å². The maximum absolute atomic E-state index is 14.3. The zero-order valence-electron chi connectivity index (χ0n) is 30.2. The number of halogens is 1. The summed E-state index contributed by atoms with van der Waals surface area (Å²) in [7, 11) is 2.89. The second kappa shape index (κ2) is 18.4. The molecule has 0 fully saturated rings. The zero-order chi connectivity index (χ0) is 38.7. The number of nitrogens with one attached hydrogen (secondary N) is 4. The lowest BCUT2D eigenvalue weighted by Gasteiger charge is -2.25. The van der Waals surface area contributed by atoms with Gasteiger partial charge in [0.2, 0.25) is 17.7 Å². The van der Waals surface area contributed by atoms with Crippen molar-refractivity contribution in [2.24, 2.45) is 5.92 Å². The van der Waals surface area contributed by atoms with Crippen LogP contribution in [0.4, 0.5) is 4.39 Å². The molecular formula is C38H43FN6O8. The van der Waals surface area contributed by atoms with E-state index in [1.807, 2.05) is 6.07 Å². The molecule has 14 nitrogen and oxygen atoms in total. The van der Waals surface area contributed by atoms with Crippen LogP contribution in [0.15, 0.2) is 54.6 Å². The molecule has 280 valence electrons. The van der Waals surface area contributed by atoms with E-state index in [1.165, 1.54) is 44.2 Å². The summed E-state index contributed by atoms with van der Waals surface area (Å²) in [6.07, 6.45) is 0.0758. The zero-order valence-corrected chi connectivity index (χ0v) is 30.2. The lowest BCUT2D eigenvalue weighted by Crippen LogP contribution is -2.54. The van der Waals surface area contributed by atoms with Gasteiger partial charge in [-0.05, 0) is 73.4 Å². The van der Waals surface area contributed by atoms with Crippen LogP contribution in [0.25, 0.3) is 0 Å². The number of amides is 5.